The number of rotatable bonds is 1. The number of nitrogens with two attached hydrogens (primary N) is 1. The van der Waals surface area contributed by atoms with Gasteiger partial charge in [0.15, 0.2) is 5.65 Å². The van der Waals surface area contributed by atoms with Gasteiger partial charge in [0.05, 0.1) is 11.2 Å². The minimum absolute atomic E-state index is 0.270. The molecule has 0 bridgehead atoms. The zero-order valence-corrected chi connectivity index (χ0v) is 10.6. The molecule has 0 saturated heterocycles. The van der Waals surface area contributed by atoms with Crippen LogP contribution in [0.25, 0.3) is 27.8 Å². The summed E-state index contributed by atoms with van der Waals surface area (Å²) in [5.41, 5.74) is 9.28. The minimum Gasteiger partial charge on any atom is -0.366 e. The van der Waals surface area contributed by atoms with Crippen molar-refractivity contribution in [2.75, 3.05) is 5.73 Å². The molecule has 4 rings (SSSR count). The van der Waals surface area contributed by atoms with Crippen molar-refractivity contribution < 1.29 is 0 Å². The minimum atomic E-state index is 0.270. The molecule has 1 aromatic carbocycles. The first-order chi connectivity index (χ1) is 9.81. The second-order valence-electron chi connectivity index (χ2n) is 4.57. The third kappa shape index (κ3) is 1.60. The highest BCUT2D eigenvalue weighted by Crippen LogP contribution is 2.23. The number of hydrogen-bond donors (Lipinski definition) is 1. The Morgan fingerprint density at radius 2 is 1.90 bits per heavy atom. The Labute approximate surface area is 114 Å². The molecular weight excluding hydrogens is 250 g/mol. The van der Waals surface area contributed by atoms with Gasteiger partial charge in [0, 0.05) is 17.1 Å². The smallest absolute Gasteiger partial charge is 0.240 e. The molecule has 5 heteroatoms. The molecule has 0 spiro atoms. The maximum absolute atomic E-state index is 5.67. The number of nitrogen functional groups attached to an aromatic ring is 1. The highest BCUT2D eigenvalue weighted by molar-refractivity contribution is 5.83. The number of pyridine rings is 2. The van der Waals surface area contributed by atoms with E-state index in [0.717, 1.165) is 27.8 Å². The molecule has 4 aromatic rings. The zero-order valence-electron chi connectivity index (χ0n) is 10.6. The summed E-state index contributed by atoms with van der Waals surface area (Å²) in [6.45, 7) is 0. The van der Waals surface area contributed by atoms with Crippen molar-refractivity contribution in [2.24, 2.45) is 0 Å². The van der Waals surface area contributed by atoms with Crippen molar-refractivity contribution in [3.8, 4) is 11.3 Å². The number of hydrogen-bond acceptors (Lipinski definition) is 4. The van der Waals surface area contributed by atoms with E-state index in [-0.39, 0.29) is 5.95 Å². The predicted octanol–water partition coefficient (Wildman–Crippen LogP) is 2.53. The van der Waals surface area contributed by atoms with Gasteiger partial charge in [0.2, 0.25) is 5.95 Å². The molecule has 96 valence electrons. The second kappa shape index (κ2) is 4.03. The second-order valence-corrected chi connectivity index (χ2v) is 4.57. The van der Waals surface area contributed by atoms with Crippen LogP contribution in [0.3, 0.4) is 0 Å². The molecule has 20 heavy (non-hydrogen) atoms. The summed E-state index contributed by atoms with van der Waals surface area (Å²) < 4.78 is 1.74. The van der Waals surface area contributed by atoms with E-state index < -0.39 is 0 Å². The maximum Gasteiger partial charge on any atom is 0.240 e. The van der Waals surface area contributed by atoms with Crippen molar-refractivity contribution in [3.05, 3.63) is 54.7 Å². The summed E-state index contributed by atoms with van der Waals surface area (Å²) in [5.74, 6) is 0.270. The maximum atomic E-state index is 5.67. The van der Waals surface area contributed by atoms with Crippen molar-refractivity contribution in [1.29, 1.82) is 0 Å². The third-order valence-corrected chi connectivity index (χ3v) is 3.26. The van der Waals surface area contributed by atoms with Crippen LogP contribution in [0.5, 0.6) is 0 Å². The molecule has 5 nitrogen and oxygen atoms in total. The molecule has 0 aliphatic rings. The number of aromatic nitrogens is 4. The fourth-order valence-electron chi connectivity index (χ4n) is 2.35. The van der Waals surface area contributed by atoms with Gasteiger partial charge < -0.3 is 5.73 Å². The summed E-state index contributed by atoms with van der Waals surface area (Å²) in [5, 5.41) is 5.32. The SMILES string of the molecule is Nc1nc2cccc(-c3cnc4ccccc4c3)n2n1. The van der Waals surface area contributed by atoms with Crippen LogP contribution >= 0.6 is 0 Å². The molecule has 0 amide bonds. The van der Waals surface area contributed by atoms with Gasteiger partial charge in [-0.15, -0.1) is 5.10 Å². The number of nitrogens with zero attached hydrogens (tertiary/aromatic N) is 4. The first-order valence-corrected chi connectivity index (χ1v) is 6.28. The van der Waals surface area contributed by atoms with E-state index in [1.807, 2.05) is 48.7 Å². The van der Waals surface area contributed by atoms with Crippen LogP contribution in [0.4, 0.5) is 5.95 Å². The summed E-state index contributed by atoms with van der Waals surface area (Å²) in [6, 6.07) is 15.9. The van der Waals surface area contributed by atoms with Crippen LogP contribution < -0.4 is 5.73 Å². The quantitative estimate of drug-likeness (QED) is 0.571. The van der Waals surface area contributed by atoms with Crippen molar-refractivity contribution >= 4 is 22.5 Å². The monoisotopic (exact) mass is 261 g/mol. The van der Waals surface area contributed by atoms with Gasteiger partial charge in [-0.05, 0) is 24.3 Å². The topological polar surface area (TPSA) is 69.1 Å². The van der Waals surface area contributed by atoms with Crippen LogP contribution in [0.15, 0.2) is 54.7 Å². The average Bonchev–Trinajstić information content (AvgIpc) is 2.86. The summed E-state index contributed by atoms with van der Waals surface area (Å²) >= 11 is 0. The van der Waals surface area contributed by atoms with Gasteiger partial charge in [-0.1, -0.05) is 24.3 Å². The first-order valence-electron chi connectivity index (χ1n) is 6.28. The van der Waals surface area contributed by atoms with Gasteiger partial charge in [-0.3, -0.25) is 4.98 Å². The van der Waals surface area contributed by atoms with Gasteiger partial charge in [-0.2, -0.15) is 4.98 Å². The van der Waals surface area contributed by atoms with Gasteiger partial charge in [-0.25, -0.2) is 4.52 Å². The van der Waals surface area contributed by atoms with E-state index >= 15 is 0 Å². The molecule has 3 aromatic heterocycles. The molecule has 0 atom stereocenters. The van der Waals surface area contributed by atoms with Crippen LogP contribution in [-0.2, 0) is 0 Å². The van der Waals surface area contributed by atoms with Gasteiger partial charge in [0.1, 0.15) is 0 Å². The van der Waals surface area contributed by atoms with Crippen LogP contribution in [0, 0.1) is 0 Å². The zero-order chi connectivity index (χ0) is 13.5. The van der Waals surface area contributed by atoms with E-state index in [2.05, 4.69) is 21.1 Å². The molecular formula is C15H11N5. The summed E-state index contributed by atoms with van der Waals surface area (Å²) in [4.78, 5) is 8.65. The molecule has 3 heterocycles. The van der Waals surface area contributed by atoms with E-state index in [9.17, 15) is 0 Å². The average molecular weight is 261 g/mol. The Kier molecular flexibility index (Phi) is 2.20. The highest BCUT2D eigenvalue weighted by Gasteiger charge is 2.08. The number of anilines is 1. The summed E-state index contributed by atoms with van der Waals surface area (Å²) in [6.07, 6.45) is 1.84. The highest BCUT2D eigenvalue weighted by atomic mass is 15.3. The number of benzene rings is 1. The van der Waals surface area contributed by atoms with E-state index in [1.165, 1.54) is 0 Å². The predicted molar refractivity (Wildman–Crippen MR) is 78.1 cm³/mol. The molecule has 0 aliphatic carbocycles. The lowest BCUT2D eigenvalue weighted by atomic mass is 10.1. The Bertz CT molecular complexity index is 926. The fraction of sp³-hybridized carbons (Fsp3) is 0. The van der Waals surface area contributed by atoms with Crippen molar-refractivity contribution in [3.63, 3.8) is 0 Å². The van der Waals surface area contributed by atoms with Crippen LogP contribution in [0.2, 0.25) is 0 Å². The fourth-order valence-corrected chi connectivity index (χ4v) is 2.35. The Morgan fingerprint density at radius 1 is 1.00 bits per heavy atom. The Hall–Kier alpha value is -2.95. The molecule has 2 N–H and O–H groups in total. The van der Waals surface area contributed by atoms with Gasteiger partial charge >= 0.3 is 0 Å². The third-order valence-electron chi connectivity index (χ3n) is 3.26. The van der Waals surface area contributed by atoms with Crippen molar-refractivity contribution in [2.45, 2.75) is 0 Å². The Balaban J connectivity index is 2.00. The van der Waals surface area contributed by atoms with E-state index in [4.69, 9.17) is 5.73 Å². The Morgan fingerprint density at radius 3 is 2.85 bits per heavy atom. The summed E-state index contributed by atoms with van der Waals surface area (Å²) in [7, 11) is 0. The van der Waals surface area contributed by atoms with E-state index in [0.29, 0.717) is 0 Å². The van der Waals surface area contributed by atoms with E-state index in [1.54, 1.807) is 4.52 Å². The lowest BCUT2D eigenvalue weighted by Crippen LogP contribution is -1.95. The molecule has 0 saturated carbocycles. The molecule has 0 fully saturated rings. The first kappa shape index (κ1) is 10.9. The molecule has 0 aliphatic heterocycles. The normalized spacial score (nSPS) is 11.2. The molecule has 0 unspecified atom stereocenters. The standard InChI is InChI=1S/C15H11N5/c16-15-18-14-7-3-6-13(20(14)19-15)11-8-10-4-1-2-5-12(10)17-9-11/h1-9H,(H2,16,19). The van der Waals surface area contributed by atoms with Crippen molar-refractivity contribution in [1.82, 2.24) is 19.6 Å². The van der Waals surface area contributed by atoms with Gasteiger partial charge in [0.25, 0.3) is 0 Å². The number of fused-ring (bicyclic) bond motifs is 2. The molecule has 0 radical (unpaired) electrons. The van der Waals surface area contributed by atoms with Crippen LogP contribution in [0.1, 0.15) is 0 Å². The number of para-hydroxylation sites is 1. The van der Waals surface area contributed by atoms with Crippen LogP contribution in [-0.4, -0.2) is 19.6 Å². The lowest BCUT2D eigenvalue weighted by Gasteiger charge is -2.05. The lowest BCUT2D eigenvalue weighted by molar-refractivity contribution is 0.975. The largest absolute Gasteiger partial charge is 0.366 e.